The minimum absolute atomic E-state index is 0.311. The first-order chi connectivity index (χ1) is 8.56. The van der Waals surface area contributed by atoms with Crippen molar-refractivity contribution in [2.75, 3.05) is 20.1 Å². The Balaban J connectivity index is 1.95. The molecule has 1 aliphatic rings. The lowest BCUT2D eigenvalue weighted by Gasteiger charge is -2.13. The van der Waals surface area contributed by atoms with Crippen molar-refractivity contribution in [3.63, 3.8) is 0 Å². The van der Waals surface area contributed by atoms with Crippen molar-refractivity contribution < 1.29 is 9.90 Å². The van der Waals surface area contributed by atoms with E-state index < -0.39 is 5.97 Å². The Hall–Kier alpha value is -0.910. The van der Waals surface area contributed by atoms with E-state index in [-0.39, 0.29) is 0 Å². The molecule has 2 rings (SSSR count). The molecule has 0 amide bonds. The van der Waals surface area contributed by atoms with Gasteiger partial charge < -0.3 is 15.3 Å². The van der Waals surface area contributed by atoms with Crippen LogP contribution in [-0.4, -0.2) is 42.2 Å². The summed E-state index contributed by atoms with van der Waals surface area (Å²) in [6.07, 6.45) is 1.17. The number of hydrogen-bond acceptors (Lipinski definition) is 3. The molecule has 0 bridgehead atoms. The Morgan fingerprint density at radius 1 is 1.61 bits per heavy atom. The smallest absolute Gasteiger partial charge is 0.335 e. The third-order valence-electron chi connectivity index (χ3n) is 3.27. The Morgan fingerprint density at radius 2 is 2.39 bits per heavy atom. The number of hydrogen-bond donors (Lipinski definition) is 2. The number of likely N-dealkylation sites (tertiary alicyclic amines) is 1. The van der Waals surface area contributed by atoms with Gasteiger partial charge in [0, 0.05) is 23.6 Å². The second-order valence-electron chi connectivity index (χ2n) is 4.74. The molecule has 0 aliphatic carbocycles. The first-order valence-electron chi connectivity index (χ1n) is 6.00. The third kappa shape index (κ3) is 3.31. The van der Waals surface area contributed by atoms with E-state index in [0.717, 1.165) is 29.7 Å². The minimum Gasteiger partial charge on any atom is -0.478 e. The van der Waals surface area contributed by atoms with Crippen LogP contribution < -0.4 is 5.32 Å². The van der Waals surface area contributed by atoms with Crippen molar-refractivity contribution in [1.82, 2.24) is 10.2 Å². The van der Waals surface area contributed by atoms with Gasteiger partial charge >= 0.3 is 5.97 Å². The Kier molecular flexibility index (Phi) is 4.37. The number of rotatable bonds is 4. The summed E-state index contributed by atoms with van der Waals surface area (Å²) in [4.78, 5) is 13.1. The Labute approximate surface area is 115 Å². The summed E-state index contributed by atoms with van der Waals surface area (Å²) in [5.74, 6) is -0.896. The van der Waals surface area contributed by atoms with Crippen LogP contribution in [-0.2, 0) is 6.54 Å². The molecule has 0 radical (unpaired) electrons. The van der Waals surface area contributed by atoms with E-state index >= 15 is 0 Å². The Morgan fingerprint density at radius 3 is 2.94 bits per heavy atom. The maximum atomic E-state index is 10.8. The maximum Gasteiger partial charge on any atom is 0.335 e. The molecule has 1 unspecified atom stereocenters. The summed E-state index contributed by atoms with van der Waals surface area (Å²) in [7, 11) is 2.12. The lowest BCUT2D eigenvalue weighted by molar-refractivity contribution is 0.0697. The number of carboxylic acid groups (broad SMARTS) is 1. The lowest BCUT2D eigenvalue weighted by atomic mass is 10.1. The normalized spacial score (nSPS) is 20.2. The highest BCUT2D eigenvalue weighted by Crippen LogP contribution is 2.19. The molecule has 0 spiro atoms. The number of benzene rings is 1. The van der Waals surface area contributed by atoms with Crippen molar-refractivity contribution in [2.24, 2.45) is 0 Å². The molecule has 5 heteroatoms. The van der Waals surface area contributed by atoms with Crippen molar-refractivity contribution >= 4 is 21.9 Å². The molecule has 1 heterocycles. The van der Waals surface area contributed by atoms with Crippen LogP contribution in [0.1, 0.15) is 22.3 Å². The van der Waals surface area contributed by atoms with Crippen molar-refractivity contribution in [3.05, 3.63) is 33.8 Å². The molecule has 98 valence electrons. The zero-order valence-electron chi connectivity index (χ0n) is 10.3. The monoisotopic (exact) mass is 312 g/mol. The van der Waals surface area contributed by atoms with Crippen LogP contribution in [0.25, 0.3) is 0 Å². The van der Waals surface area contributed by atoms with Crippen LogP contribution in [0.15, 0.2) is 22.7 Å². The number of aromatic carboxylic acids is 1. The topological polar surface area (TPSA) is 52.6 Å². The van der Waals surface area contributed by atoms with Crippen molar-refractivity contribution in [2.45, 2.75) is 19.0 Å². The van der Waals surface area contributed by atoms with Gasteiger partial charge in [0.25, 0.3) is 0 Å². The summed E-state index contributed by atoms with van der Waals surface area (Å²) >= 11 is 3.42. The zero-order chi connectivity index (χ0) is 13.1. The number of halogens is 1. The van der Waals surface area contributed by atoms with E-state index in [2.05, 4.69) is 33.2 Å². The molecule has 0 aromatic heterocycles. The number of nitrogens with one attached hydrogen (secondary N) is 1. The highest BCUT2D eigenvalue weighted by Gasteiger charge is 2.18. The van der Waals surface area contributed by atoms with Gasteiger partial charge in [0.2, 0.25) is 0 Å². The van der Waals surface area contributed by atoms with Crippen LogP contribution in [0.3, 0.4) is 0 Å². The van der Waals surface area contributed by atoms with Gasteiger partial charge in [0.15, 0.2) is 0 Å². The van der Waals surface area contributed by atoms with Gasteiger partial charge in [-0.05, 0) is 37.7 Å². The molecule has 1 saturated heterocycles. The maximum absolute atomic E-state index is 10.8. The Bertz CT molecular complexity index is 451. The van der Waals surface area contributed by atoms with E-state index in [4.69, 9.17) is 5.11 Å². The molecular formula is C13H17BrN2O2. The second-order valence-corrected chi connectivity index (χ2v) is 5.59. The minimum atomic E-state index is -0.896. The highest BCUT2D eigenvalue weighted by molar-refractivity contribution is 9.10. The lowest BCUT2D eigenvalue weighted by Crippen LogP contribution is -2.31. The van der Waals surface area contributed by atoms with E-state index in [9.17, 15) is 4.79 Å². The standard InChI is InChI=1S/C13H17BrN2O2/c1-16-5-4-11(8-16)15-7-10-3-2-9(13(17)18)6-12(10)14/h2-3,6,11,15H,4-5,7-8H2,1H3,(H,17,18). The molecule has 2 N–H and O–H groups in total. The van der Waals surface area contributed by atoms with E-state index in [1.807, 2.05) is 6.07 Å². The second kappa shape index (κ2) is 5.82. The van der Waals surface area contributed by atoms with E-state index in [1.54, 1.807) is 12.1 Å². The van der Waals surface area contributed by atoms with Crippen LogP contribution in [0, 0.1) is 0 Å². The zero-order valence-corrected chi connectivity index (χ0v) is 11.9. The molecule has 18 heavy (non-hydrogen) atoms. The summed E-state index contributed by atoms with van der Waals surface area (Å²) in [5, 5.41) is 12.4. The molecule has 1 aromatic rings. The molecule has 1 aliphatic heterocycles. The van der Waals surface area contributed by atoms with Crippen molar-refractivity contribution in [3.8, 4) is 0 Å². The van der Waals surface area contributed by atoms with Gasteiger partial charge in [-0.3, -0.25) is 0 Å². The average molecular weight is 313 g/mol. The largest absolute Gasteiger partial charge is 0.478 e. The first-order valence-corrected chi connectivity index (χ1v) is 6.79. The fraction of sp³-hybridized carbons (Fsp3) is 0.462. The number of nitrogens with zero attached hydrogens (tertiary/aromatic N) is 1. The molecule has 0 saturated carbocycles. The molecule has 4 nitrogen and oxygen atoms in total. The predicted molar refractivity (Wildman–Crippen MR) is 73.8 cm³/mol. The van der Waals surface area contributed by atoms with Crippen LogP contribution in [0.4, 0.5) is 0 Å². The fourth-order valence-corrected chi connectivity index (χ4v) is 2.70. The number of carbonyl (C=O) groups is 1. The SMILES string of the molecule is CN1CCC(NCc2ccc(C(=O)O)cc2Br)C1. The molecular weight excluding hydrogens is 296 g/mol. The van der Waals surface area contributed by atoms with Crippen molar-refractivity contribution in [1.29, 1.82) is 0 Å². The van der Waals surface area contributed by atoms with Crippen LogP contribution in [0.2, 0.25) is 0 Å². The summed E-state index contributed by atoms with van der Waals surface area (Å²) in [6, 6.07) is 5.69. The van der Waals surface area contributed by atoms with E-state index in [0.29, 0.717) is 11.6 Å². The van der Waals surface area contributed by atoms with Gasteiger partial charge in [-0.2, -0.15) is 0 Å². The summed E-state index contributed by atoms with van der Waals surface area (Å²) in [5.41, 5.74) is 1.40. The molecule has 1 fully saturated rings. The van der Waals surface area contributed by atoms with Gasteiger partial charge in [-0.1, -0.05) is 22.0 Å². The molecule has 1 aromatic carbocycles. The van der Waals surface area contributed by atoms with Gasteiger partial charge in [0.1, 0.15) is 0 Å². The third-order valence-corrected chi connectivity index (χ3v) is 4.01. The first kappa shape index (κ1) is 13.5. The van der Waals surface area contributed by atoms with Gasteiger partial charge in [-0.15, -0.1) is 0 Å². The molecule has 1 atom stereocenters. The van der Waals surface area contributed by atoms with Crippen LogP contribution in [0.5, 0.6) is 0 Å². The van der Waals surface area contributed by atoms with E-state index in [1.165, 1.54) is 6.42 Å². The summed E-state index contributed by atoms with van der Waals surface area (Å²) in [6.45, 7) is 2.97. The highest BCUT2D eigenvalue weighted by atomic mass is 79.9. The fourth-order valence-electron chi connectivity index (χ4n) is 2.18. The van der Waals surface area contributed by atoms with Gasteiger partial charge in [-0.25, -0.2) is 4.79 Å². The number of carboxylic acids is 1. The van der Waals surface area contributed by atoms with Crippen LogP contribution >= 0.6 is 15.9 Å². The average Bonchev–Trinajstić information content (AvgIpc) is 2.73. The summed E-state index contributed by atoms with van der Waals surface area (Å²) < 4.78 is 0.848. The quantitative estimate of drug-likeness (QED) is 0.892. The van der Waals surface area contributed by atoms with Gasteiger partial charge in [0.05, 0.1) is 5.56 Å². The predicted octanol–water partition coefficient (Wildman–Crippen LogP) is 1.94. The number of likely N-dealkylation sites (N-methyl/N-ethyl adjacent to an activating group) is 1.